The fourth-order valence-electron chi connectivity index (χ4n) is 6.92. The second-order valence-corrected chi connectivity index (χ2v) is 11.5. The highest BCUT2D eigenvalue weighted by Gasteiger charge is 2.30. The van der Waals surface area contributed by atoms with Crippen molar-refractivity contribution >= 4 is 10.8 Å². The van der Waals surface area contributed by atoms with Crippen LogP contribution >= 0.6 is 0 Å². The largest absolute Gasteiger partial charge is 0.206 e. The maximum absolute atomic E-state index is 15.0. The first-order chi connectivity index (χ1) is 16.7. The summed E-state index contributed by atoms with van der Waals surface area (Å²) >= 11 is 0. The van der Waals surface area contributed by atoms with Crippen LogP contribution in [0.2, 0.25) is 0 Å². The molecule has 4 rings (SSSR count). The highest BCUT2D eigenvalue weighted by molar-refractivity contribution is 5.84. The lowest BCUT2D eigenvalue weighted by molar-refractivity contribution is 0.141. The van der Waals surface area contributed by atoms with E-state index in [1.807, 2.05) is 12.1 Å². The van der Waals surface area contributed by atoms with Crippen molar-refractivity contribution in [2.24, 2.45) is 23.7 Å². The number of halogens is 1. The van der Waals surface area contributed by atoms with Gasteiger partial charge >= 0.3 is 0 Å². The van der Waals surface area contributed by atoms with Gasteiger partial charge in [-0.15, -0.1) is 6.58 Å². The summed E-state index contributed by atoms with van der Waals surface area (Å²) in [5, 5.41) is 1.87. The number of aryl methyl sites for hydroxylation is 2. The molecule has 1 heteroatoms. The van der Waals surface area contributed by atoms with E-state index in [2.05, 4.69) is 37.8 Å². The number of allylic oxidation sites excluding steroid dienone is 1. The van der Waals surface area contributed by atoms with E-state index in [0.29, 0.717) is 0 Å². The van der Waals surface area contributed by atoms with Crippen molar-refractivity contribution < 1.29 is 4.39 Å². The quantitative estimate of drug-likeness (QED) is 0.230. The Bertz CT molecular complexity index is 896. The van der Waals surface area contributed by atoms with Crippen molar-refractivity contribution in [2.75, 3.05) is 0 Å². The zero-order valence-corrected chi connectivity index (χ0v) is 21.7. The van der Waals surface area contributed by atoms with Crippen LogP contribution in [0.1, 0.15) is 108 Å². The van der Waals surface area contributed by atoms with Crippen LogP contribution < -0.4 is 0 Å². The minimum Gasteiger partial charge on any atom is -0.206 e. The van der Waals surface area contributed by atoms with E-state index in [-0.39, 0.29) is 5.82 Å². The fourth-order valence-corrected chi connectivity index (χ4v) is 6.92. The van der Waals surface area contributed by atoms with E-state index in [0.717, 1.165) is 59.3 Å². The Morgan fingerprint density at radius 1 is 0.824 bits per heavy atom. The van der Waals surface area contributed by atoms with Gasteiger partial charge in [0.25, 0.3) is 0 Å². The molecule has 2 aliphatic carbocycles. The topological polar surface area (TPSA) is 0 Å². The molecule has 0 spiro atoms. The van der Waals surface area contributed by atoms with Gasteiger partial charge in [-0.25, -0.2) is 4.39 Å². The maximum atomic E-state index is 15.0. The molecule has 0 aromatic heterocycles. The third-order valence-corrected chi connectivity index (χ3v) is 9.22. The molecular weight excluding hydrogens is 415 g/mol. The molecule has 2 saturated carbocycles. The maximum Gasteiger partial charge on any atom is 0.134 e. The molecule has 0 aliphatic heterocycles. The Morgan fingerprint density at radius 2 is 1.50 bits per heavy atom. The van der Waals surface area contributed by atoms with Crippen molar-refractivity contribution in [2.45, 2.75) is 110 Å². The highest BCUT2D eigenvalue weighted by Crippen LogP contribution is 2.43. The van der Waals surface area contributed by atoms with Crippen LogP contribution in [-0.4, -0.2) is 0 Å². The van der Waals surface area contributed by atoms with Crippen LogP contribution in [0.5, 0.6) is 0 Å². The third-order valence-electron chi connectivity index (χ3n) is 9.22. The lowest BCUT2D eigenvalue weighted by Crippen LogP contribution is -2.26. The van der Waals surface area contributed by atoms with Crippen LogP contribution in [-0.2, 0) is 12.8 Å². The van der Waals surface area contributed by atoms with Gasteiger partial charge in [0.05, 0.1) is 0 Å². The Morgan fingerprint density at radius 3 is 2.15 bits per heavy atom. The van der Waals surface area contributed by atoms with Crippen molar-refractivity contribution in [1.82, 2.24) is 0 Å². The van der Waals surface area contributed by atoms with E-state index in [4.69, 9.17) is 0 Å². The van der Waals surface area contributed by atoms with Gasteiger partial charge in [0.15, 0.2) is 0 Å². The van der Waals surface area contributed by atoms with E-state index in [1.165, 1.54) is 89.0 Å². The molecular formula is C33H47F. The number of benzene rings is 2. The number of fused-ring (bicyclic) bond motifs is 1. The summed E-state index contributed by atoms with van der Waals surface area (Å²) in [5.41, 5.74) is 2.27. The Labute approximate surface area is 208 Å². The third kappa shape index (κ3) is 6.73. The average Bonchev–Trinajstić information content (AvgIpc) is 2.88. The Kier molecular flexibility index (Phi) is 9.66. The summed E-state index contributed by atoms with van der Waals surface area (Å²) in [6.07, 6.45) is 23.0. The SMILES string of the molecule is C=CCCC1CCC(C2CCC(CCc3ccc4c(F)c(CCCCC)ccc4c3)CC2)CC1. The summed E-state index contributed by atoms with van der Waals surface area (Å²) < 4.78 is 15.0. The molecule has 34 heavy (non-hydrogen) atoms. The molecule has 0 amide bonds. The number of hydrogen-bond donors (Lipinski definition) is 0. The van der Waals surface area contributed by atoms with Gasteiger partial charge in [0, 0.05) is 5.39 Å². The first-order valence-corrected chi connectivity index (χ1v) is 14.5. The molecule has 0 heterocycles. The molecule has 0 unspecified atom stereocenters. The number of rotatable bonds is 11. The van der Waals surface area contributed by atoms with Crippen molar-refractivity contribution in [1.29, 1.82) is 0 Å². The molecule has 0 bridgehead atoms. The summed E-state index contributed by atoms with van der Waals surface area (Å²) in [5.74, 6) is 3.85. The summed E-state index contributed by atoms with van der Waals surface area (Å²) in [4.78, 5) is 0. The second-order valence-electron chi connectivity index (χ2n) is 11.5. The van der Waals surface area contributed by atoms with Gasteiger partial charge in [0.2, 0.25) is 0 Å². The van der Waals surface area contributed by atoms with E-state index in [9.17, 15) is 4.39 Å². The van der Waals surface area contributed by atoms with Crippen LogP contribution in [0.3, 0.4) is 0 Å². The van der Waals surface area contributed by atoms with Gasteiger partial charge < -0.3 is 0 Å². The monoisotopic (exact) mass is 462 g/mol. The second kappa shape index (κ2) is 12.9. The molecule has 2 fully saturated rings. The molecule has 0 N–H and O–H groups in total. The summed E-state index contributed by atoms with van der Waals surface area (Å²) in [7, 11) is 0. The molecule has 0 saturated heterocycles. The van der Waals surface area contributed by atoms with Crippen LogP contribution in [0, 0.1) is 29.5 Å². The van der Waals surface area contributed by atoms with Gasteiger partial charge in [-0.2, -0.15) is 0 Å². The normalized spacial score (nSPS) is 25.5. The molecule has 2 aliphatic rings. The molecule has 2 aromatic rings. The van der Waals surface area contributed by atoms with Crippen molar-refractivity contribution in [3.63, 3.8) is 0 Å². The molecule has 2 aromatic carbocycles. The summed E-state index contributed by atoms with van der Waals surface area (Å²) in [6, 6.07) is 10.6. The standard InChI is InChI=1S/C33H47F/c1-3-5-7-9-30-21-22-31-24-27(16-23-32(31)33(30)34)11-10-26-14-19-29(20-15-26)28-17-12-25(13-18-28)8-6-4-2/h4,16,21-26,28-29H,2-3,5-15,17-20H2,1H3. The van der Waals surface area contributed by atoms with Gasteiger partial charge in [0.1, 0.15) is 5.82 Å². The minimum atomic E-state index is 0.00761. The number of unbranched alkanes of at least 4 members (excludes halogenated alkanes) is 2. The minimum absolute atomic E-state index is 0.00761. The highest BCUT2D eigenvalue weighted by atomic mass is 19.1. The van der Waals surface area contributed by atoms with Crippen molar-refractivity contribution in [3.8, 4) is 0 Å². The first-order valence-electron chi connectivity index (χ1n) is 14.5. The Balaban J connectivity index is 1.22. The predicted octanol–water partition coefficient (Wildman–Crippen LogP) is 10.2. The van der Waals surface area contributed by atoms with Gasteiger partial charge in [-0.3, -0.25) is 0 Å². The molecule has 0 atom stereocenters. The zero-order valence-electron chi connectivity index (χ0n) is 21.7. The zero-order chi connectivity index (χ0) is 23.8. The number of hydrogen-bond acceptors (Lipinski definition) is 0. The molecule has 186 valence electrons. The Hall–Kier alpha value is -1.63. The lowest BCUT2D eigenvalue weighted by atomic mass is 9.68. The van der Waals surface area contributed by atoms with Gasteiger partial charge in [-0.1, -0.05) is 81.9 Å². The molecule has 0 radical (unpaired) electrons. The molecule has 0 nitrogen and oxygen atoms in total. The van der Waals surface area contributed by atoms with E-state index < -0.39 is 0 Å². The average molecular weight is 463 g/mol. The van der Waals surface area contributed by atoms with Crippen LogP contribution in [0.4, 0.5) is 4.39 Å². The van der Waals surface area contributed by atoms with Crippen LogP contribution in [0.15, 0.2) is 43.0 Å². The lowest BCUT2D eigenvalue weighted by Gasteiger charge is -2.38. The fraction of sp³-hybridized carbons (Fsp3) is 0.636. The van der Waals surface area contributed by atoms with Crippen LogP contribution in [0.25, 0.3) is 10.8 Å². The predicted molar refractivity (Wildman–Crippen MR) is 146 cm³/mol. The summed E-state index contributed by atoms with van der Waals surface area (Å²) in [6.45, 7) is 6.09. The van der Waals surface area contributed by atoms with Gasteiger partial charge in [-0.05, 0) is 104 Å². The smallest absolute Gasteiger partial charge is 0.134 e. The van der Waals surface area contributed by atoms with E-state index >= 15 is 0 Å². The van der Waals surface area contributed by atoms with Crippen molar-refractivity contribution in [3.05, 3.63) is 59.9 Å². The first kappa shape index (κ1) is 25.5. The van der Waals surface area contributed by atoms with E-state index in [1.54, 1.807) is 0 Å².